The molecule has 0 spiro atoms. The quantitative estimate of drug-likeness (QED) is 0.678. The van der Waals surface area contributed by atoms with Crippen molar-refractivity contribution in [3.05, 3.63) is 29.3 Å². The van der Waals surface area contributed by atoms with Crippen LogP contribution in [-0.2, 0) is 4.79 Å². The second-order valence-electron chi connectivity index (χ2n) is 8.55. The van der Waals surface area contributed by atoms with Crippen molar-refractivity contribution < 1.29 is 14.7 Å². The monoisotopic (exact) mass is 356 g/mol. The highest BCUT2D eigenvalue weighted by Crippen LogP contribution is 2.45. The zero-order valence-corrected chi connectivity index (χ0v) is 14.6. The summed E-state index contributed by atoms with van der Waals surface area (Å²) in [5, 5.41) is 13.7. The van der Waals surface area contributed by atoms with E-state index in [0.29, 0.717) is 28.7 Å². The first-order chi connectivity index (χ1) is 12.4. The number of nitrogens with one attached hydrogen (secondary N) is 1. The molecule has 3 saturated heterocycles. The molecular formula is C19H24N4O3. The molecule has 4 aliphatic heterocycles. The first-order valence-electron chi connectivity index (χ1n) is 9.34. The smallest absolute Gasteiger partial charge is 0.257 e. The molecule has 4 heterocycles. The van der Waals surface area contributed by atoms with Gasteiger partial charge >= 0.3 is 0 Å². The van der Waals surface area contributed by atoms with Gasteiger partial charge in [0.25, 0.3) is 5.91 Å². The van der Waals surface area contributed by atoms with Gasteiger partial charge in [-0.1, -0.05) is 0 Å². The number of piperidine rings is 3. The van der Waals surface area contributed by atoms with Gasteiger partial charge in [0.2, 0.25) is 5.91 Å². The van der Waals surface area contributed by atoms with Crippen molar-refractivity contribution in [3.8, 4) is 0 Å². The molecule has 4 N–H and O–H groups in total. The Bertz CT molecular complexity index is 758. The fourth-order valence-corrected chi connectivity index (χ4v) is 5.81. The number of carbonyl (C=O) groups is 2. The number of hydrogen-bond acceptors (Lipinski definition) is 5. The fourth-order valence-electron chi connectivity index (χ4n) is 5.81. The zero-order valence-electron chi connectivity index (χ0n) is 14.6. The Morgan fingerprint density at radius 3 is 2.73 bits per heavy atom. The van der Waals surface area contributed by atoms with Crippen LogP contribution < -0.4 is 11.1 Å². The highest BCUT2D eigenvalue weighted by atomic mass is 16.3. The number of nitrogen functional groups attached to an aromatic ring is 1. The summed E-state index contributed by atoms with van der Waals surface area (Å²) in [6, 6.07) is 4.85. The number of aliphatic hydroxyl groups excluding tert-OH is 1. The van der Waals surface area contributed by atoms with Gasteiger partial charge in [0, 0.05) is 36.4 Å². The molecule has 0 aromatic heterocycles. The largest absolute Gasteiger partial charge is 0.399 e. The average molecular weight is 356 g/mol. The van der Waals surface area contributed by atoms with E-state index in [1.807, 2.05) is 0 Å². The van der Waals surface area contributed by atoms with Crippen LogP contribution in [0.1, 0.15) is 41.4 Å². The van der Waals surface area contributed by atoms with E-state index < -0.39 is 6.23 Å². The first kappa shape index (κ1) is 16.1. The molecule has 0 radical (unpaired) electrons. The molecule has 138 valence electrons. The highest BCUT2D eigenvalue weighted by Gasteiger charge is 2.51. The maximum Gasteiger partial charge on any atom is 0.257 e. The van der Waals surface area contributed by atoms with Gasteiger partial charge in [-0.15, -0.1) is 0 Å². The van der Waals surface area contributed by atoms with Gasteiger partial charge in [-0.3, -0.25) is 14.5 Å². The van der Waals surface area contributed by atoms with Crippen molar-refractivity contribution in [3.63, 3.8) is 0 Å². The highest BCUT2D eigenvalue weighted by molar-refractivity contribution is 6.01. The molecule has 7 heteroatoms. The Kier molecular flexibility index (Phi) is 3.36. The number of anilines is 1. The number of nitrogens with zero attached hydrogens (tertiary/aromatic N) is 2. The third-order valence-corrected chi connectivity index (χ3v) is 6.44. The lowest BCUT2D eigenvalue weighted by Crippen LogP contribution is -2.69. The maximum atomic E-state index is 12.7. The SMILES string of the molecule is Nc1ccc2c(c1)C(O)N(CC(=O)N[C@@]13C[C@@H]4C[C@@H](C[N@](C4)C1)C3)C2=O. The number of carbonyl (C=O) groups excluding carboxylic acids is 2. The Labute approximate surface area is 152 Å². The summed E-state index contributed by atoms with van der Waals surface area (Å²) in [4.78, 5) is 29.0. The molecule has 26 heavy (non-hydrogen) atoms. The Morgan fingerprint density at radius 2 is 2.04 bits per heavy atom. The summed E-state index contributed by atoms with van der Waals surface area (Å²) in [6.07, 6.45) is 2.21. The van der Waals surface area contributed by atoms with Crippen LogP contribution in [0.3, 0.4) is 0 Å². The van der Waals surface area contributed by atoms with E-state index in [1.165, 1.54) is 11.3 Å². The van der Waals surface area contributed by atoms with Gasteiger partial charge in [0.1, 0.15) is 6.54 Å². The molecule has 2 amide bonds. The average Bonchev–Trinajstić information content (AvgIpc) is 2.77. The summed E-state index contributed by atoms with van der Waals surface area (Å²) >= 11 is 0. The van der Waals surface area contributed by atoms with Crippen molar-refractivity contribution in [2.75, 3.05) is 31.9 Å². The number of rotatable bonds is 3. The van der Waals surface area contributed by atoms with Gasteiger partial charge in [-0.25, -0.2) is 0 Å². The van der Waals surface area contributed by atoms with Crippen molar-refractivity contribution in [2.24, 2.45) is 11.8 Å². The predicted octanol–water partition coefficient (Wildman–Crippen LogP) is 0.316. The molecule has 1 aliphatic carbocycles. The van der Waals surface area contributed by atoms with Crippen molar-refractivity contribution >= 4 is 17.5 Å². The fraction of sp³-hybridized carbons (Fsp3) is 0.579. The van der Waals surface area contributed by atoms with Crippen LogP contribution in [0, 0.1) is 11.8 Å². The minimum Gasteiger partial charge on any atom is -0.399 e. The molecule has 5 aliphatic rings. The number of fused-ring (bicyclic) bond motifs is 1. The summed E-state index contributed by atoms with van der Waals surface area (Å²) in [5.41, 5.74) is 6.98. The van der Waals surface area contributed by atoms with E-state index in [0.717, 1.165) is 32.5 Å². The van der Waals surface area contributed by atoms with Crippen LogP contribution in [0.25, 0.3) is 0 Å². The molecule has 4 bridgehead atoms. The molecule has 6 rings (SSSR count). The lowest BCUT2D eigenvalue weighted by atomic mass is 9.64. The lowest BCUT2D eigenvalue weighted by molar-refractivity contribution is -0.130. The molecule has 1 aromatic carbocycles. The summed E-state index contributed by atoms with van der Waals surface area (Å²) in [6.45, 7) is 3.06. The van der Waals surface area contributed by atoms with E-state index in [2.05, 4.69) is 10.2 Å². The van der Waals surface area contributed by atoms with Crippen LogP contribution in [0.5, 0.6) is 0 Å². The lowest BCUT2D eigenvalue weighted by Gasteiger charge is -2.58. The molecule has 1 aromatic rings. The number of nitrogens with two attached hydrogens (primary N) is 1. The molecule has 5 atom stereocenters. The van der Waals surface area contributed by atoms with E-state index in [1.54, 1.807) is 18.2 Å². The second kappa shape index (κ2) is 5.44. The molecule has 1 saturated carbocycles. The van der Waals surface area contributed by atoms with Crippen LogP contribution in [0.15, 0.2) is 18.2 Å². The minimum atomic E-state index is -1.12. The Balaban J connectivity index is 1.30. The third-order valence-electron chi connectivity index (χ3n) is 6.44. The van der Waals surface area contributed by atoms with Crippen molar-refractivity contribution in [1.82, 2.24) is 15.1 Å². The summed E-state index contributed by atoms with van der Waals surface area (Å²) < 4.78 is 0. The second-order valence-corrected chi connectivity index (χ2v) is 8.55. The number of aliphatic hydroxyl groups is 1. The van der Waals surface area contributed by atoms with Crippen LogP contribution in [0.4, 0.5) is 5.69 Å². The molecular weight excluding hydrogens is 332 g/mol. The number of benzene rings is 1. The third kappa shape index (κ3) is 2.41. The van der Waals surface area contributed by atoms with Crippen LogP contribution >= 0.6 is 0 Å². The number of amides is 2. The van der Waals surface area contributed by atoms with Gasteiger partial charge in [0.05, 0.1) is 5.54 Å². The summed E-state index contributed by atoms with van der Waals surface area (Å²) in [5.74, 6) is 0.823. The Hall–Kier alpha value is -2.12. The zero-order chi connectivity index (χ0) is 18.1. The van der Waals surface area contributed by atoms with E-state index in [4.69, 9.17) is 5.73 Å². The number of hydrogen-bond donors (Lipinski definition) is 3. The van der Waals surface area contributed by atoms with Crippen LogP contribution in [-0.4, -0.2) is 58.4 Å². The summed E-state index contributed by atoms with van der Waals surface area (Å²) in [7, 11) is 0. The first-order valence-corrected chi connectivity index (χ1v) is 9.34. The normalized spacial score (nSPS) is 37.1. The molecule has 7 nitrogen and oxygen atoms in total. The maximum absolute atomic E-state index is 12.7. The van der Waals surface area contributed by atoms with Gasteiger partial charge in [0.15, 0.2) is 6.23 Å². The predicted molar refractivity (Wildman–Crippen MR) is 95.0 cm³/mol. The molecule has 4 fully saturated rings. The van der Waals surface area contributed by atoms with E-state index in [9.17, 15) is 14.7 Å². The van der Waals surface area contributed by atoms with Crippen LogP contribution in [0.2, 0.25) is 0 Å². The van der Waals surface area contributed by atoms with Crippen molar-refractivity contribution in [2.45, 2.75) is 31.0 Å². The Morgan fingerprint density at radius 1 is 1.31 bits per heavy atom. The topological polar surface area (TPSA) is 98.9 Å². The van der Waals surface area contributed by atoms with E-state index >= 15 is 0 Å². The minimum absolute atomic E-state index is 0.133. The molecule has 1 unspecified atom stereocenters. The van der Waals surface area contributed by atoms with Gasteiger partial charge in [-0.05, 0) is 49.3 Å². The van der Waals surface area contributed by atoms with E-state index in [-0.39, 0.29) is 23.9 Å². The standard InChI is InChI=1S/C19H24N4O3/c20-13-1-2-14-15(4-13)18(26)23(17(14)25)9-16(24)21-19-5-11-3-12(6-19)8-22(7-11)10-19/h1-2,4,11-12,18,26H,3,5-10,20H2,(H,21,24)/t11-,12+,18?,19+. The van der Waals surface area contributed by atoms with Crippen molar-refractivity contribution in [1.29, 1.82) is 0 Å². The van der Waals surface area contributed by atoms with Gasteiger partial charge in [-0.2, -0.15) is 0 Å². The van der Waals surface area contributed by atoms with Gasteiger partial charge < -0.3 is 21.1 Å².